The Labute approximate surface area is 251 Å². The minimum atomic E-state index is -0.840. The van der Waals surface area contributed by atoms with Crippen LogP contribution >= 0.6 is 0 Å². The van der Waals surface area contributed by atoms with E-state index in [9.17, 15) is 14.9 Å². The Hall–Kier alpha value is -4.47. The van der Waals surface area contributed by atoms with Crippen LogP contribution in [-0.2, 0) is 16.1 Å². The monoisotopic (exact) mass is 583 g/mol. The zero-order chi connectivity index (χ0) is 30.6. The van der Waals surface area contributed by atoms with E-state index in [0.29, 0.717) is 68.0 Å². The largest absolute Gasteiger partial charge is 0.372 e. The van der Waals surface area contributed by atoms with Crippen LogP contribution in [0.15, 0.2) is 42.9 Å². The first kappa shape index (κ1) is 30.0. The molecule has 0 spiro atoms. The van der Waals surface area contributed by atoms with Crippen molar-refractivity contribution in [3.05, 3.63) is 59.7 Å². The summed E-state index contributed by atoms with van der Waals surface area (Å²) in [4.78, 5) is 50.1. The first-order valence-electron chi connectivity index (χ1n) is 14.6. The third-order valence-electron chi connectivity index (χ3n) is 8.06. The van der Waals surface area contributed by atoms with Crippen LogP contribution in [0, 0.1) is 11.3 Å². The van der Waals surface area contributed by atoms with Crippen LogP contribution in [0.2, 0.25) is 0 Å². The topological polar surface area (TPSA) is 154 Å². The highest BCUT2D eigenvalue weighted by Crippen LogP contribution is 2.39. The van der Waals surface area contributed by atoms with Crippen LogP contribution in [-0.4, -0.2) is 87.5 Å². The minimum Gasteiger partial charge on any atom is -0.372 e. The predicted octanol–water partition coefficient (Wildman–Crippen LogP) is 2.58. The van der Waals surface area contributed by atoms with Crippen LogP contribution in [0.1, 0.15) is 55.2 Å². The smallest absolute Gasteiger partial charge is 0.248 e. The number of ketones is 1. The summed E-state index contributed by atoms with van der Waals surface area (Å²) in [6.45, 7) is 9.09. The highest BCUT2D eigenvalue weighted by molar-refractivity contribution is 6.12. The van der Waals surface area contributed by atoms with Crippen LogP contribution < -0.4 is 15.5 Å². The molecule has 0 aromatic carbocycles. The molecule has 3 aromatic rings. The second-order valence-electron chi connectivity index (χ2n) is 11.4. The number of nitriles is 1. The van der Waals surface area contributed by atoms with Gasteiger partial charge in [0.15, 0.2) is 5.78 Å². The van der Waals surface area contributed by atoms with Gasteiger partial charge < -0.3 is 25.2 Å². The molecule has 43 heavy (non-hydrogen) atoms. The van der Waals surface area contributed by atoms with Crippen molar-refractivity contribution in [3.63, 3.8) is 0 Å². The van der Waals surface area contributed by atoms with Crippen molar-refractivity contribution >= 4 is 23.5 Å². The number of nitrogens with two attached hydrogens (primary N) is 1. The molecule has 5 heterocycles. The van der Waals surface area contributed by atoms with Gasteiger partial charge in [-0.25, -0.2) is 19.9 Å². The Kier molecular flexibility index (Phi) is 8.94. The number of ether oxygens (including phenoxy) is 1. The molecule has 2 aliphatic rings. The quantitative estimate of drug-likeness (QED) is 0.350. The average Bonchev–Trinajstić information content (AvgIpc) is 3.21. The summed E-state index contributed by atoms with van der Waals surface area (Å²) in [5.41, 5.74) is 7.61. The molecule has 0 saturated carbocycles. The number of aromatic nitrogens is 4. The third-order valence-corrected chi connectivity index (χ3v) is 8.06. The molecule has 224 valence electrons. The van der Waals surface area contributed by atoms with E-state index in [1.54, 1.807) is 30.7 Å². The highest BCUT2D eigenvalue weighted by atomic mass is 16.5. The van der Waals surface area contributed by atoms with E-state index in [4.69, 9.17) is 15.5 Å². The van der Waals surface area contributed by atoms with Crippen LogP contribution in [0.5, 0.6) is 0 Å². The Morgan fingerprint density at radius 3 is 2.67 bits per heavy atom. The summed E-state index contributed by atoms with van der Waals surface area (Å²) in [5.74, 6) is 1.10. The number of nitrogens with zero attached hydrogens (tertiary/aromatic N) is 8. The van der Waals surface area contributed by atoms with Gasteiger partial charge in [0.2, 0.25) is 11.9 Å². The first-order valence-corrected chi connectivity index (χ1v) is 14.6. The standard InChI is InChI=1S/C31H37N9O3/c1-21-18-38(12-13-39(21)27(41)20-43-14-5-4-10-32)30-35-16-23(17-36-30)25-9-8-24-28(42)31(2,3)40(29(24)37-25)19-22-7-6-11-34-26(22)15-33/h6-9,11,16-17,21H,4-5,10,12-14,18-20,32H2,1-3H3/t21-/m1/s1. The number of hydrogen-bond donors (Lipinski definition) is 1. The van der Waals surface area contributed by atoms with E-state index >= 15 is 0 Å². The number of rotatable bonds is 10. The second kappa shape index (κ2) is 12.8. The molecule has 2 N–H and O–H groups in total. The lowest BCUT2D eigenvalue weighted by Crippen LogP contribution is -2.55. The molecule has 12 nitrogen and oxygen atoms in total. The lowest BCUT2D eigenvalue weighted by atomic mass is 9.97. The molecule has 5 rings (SSSR count). The fourth-order valence-corrected chi connectivity index (χ4v) is 5.54. The lowest BCUT2D eigenvalue weighted by molar-refractivity contribution is -0.138. The van der Waals surface area contributed by atoms with Crippen molar-refractivity contribution in [1.29, 1.82) is 5.26 Å². The Morgan fingerprint density at radius 1 is 1.16 bits per heavy atom. The summed E-state index contributed by atoms with van der Waals surface area (Å²) in [6.07, 6.45) is 6.78. The maximum atomic E-state index is 13.3. The van der Waals surface area contributed by atoms with Crippen LogP contribution in [0.3, 0.4) is 0 Å². The van der Waals surface area contributed by atoms with Crippen molar-refractivity contribution in [2.45, 2.75) is 51.7 Å². The van der Waals surface area contributed by atoms with Gasteiger partial charge in [-0.1, -0.05) is 6.07 Å². The van der Waals surface area contributed by atoms with Gasteiger partial charge in [0.05, 0.1) is 16.8 Å². The Morgan fingerprint density at radius 2 is 1.95 bits per heavy atom. The third kappa shape index (κ3) is 6.18. The van der Waals surface area contributed by atoms with Gasteiger partial charge in [-0.15, -0.1) is 0 Å². The minimum absolute atomic E-state index is 0.0104. The first-order chi connectivity index (χ1) is 20.7. The number of piperazine rings is 1. The maximum absolute atomic E-state index is 13.3. The Bertz CT molecular complexity index is 1520. The van der Waals surface area contributed by atoms with Crippen molar-refractivity contribution in [2.24, 2.45) is 5.73 Å². The summed E-state index contributed by atoms with van der Waals surface area (Å²) in [6, 6.07) is 9.35. The highest BCUT2D eigenvalue weighted by Gasteiger charge is 2.45. The molecule has 0 bridgehead atoms. The summed E-state index contributed by atoms with van der Waals surface area (Å²) >= 11 is 0. The van der Waals surface area contributed by atoms with Crippen molar-refractivity contribution < 1.29 is 14.3 Å². The molecule has 1 saturated heterocycles. The SMILES string of the molecule is C[C@@H]1CN(c2ncc(-c3ccc4c(n3)N(Cc3cccnc3C#N)C(C)(C)C4=O)cn2)CCN1C(=O)COCCCCN. The summed E-state index contributed by atoms with van der Waals surface area (Å²) in [7, 11) is 0. The molecule has 3 aromatic heterocycles. The molecule has 0 unspecified atom stereocenters. The number of anilines is 2. The maximum Gasteiger partial charge on any atom is 0.248 e. The van der Waals surface area contributed by atoms with Gasteiger partial charge in [-0.2, -0.15) is 5.26 Å². The molecular formula is C31H37N9O3. The van der Waals surface area contributed by atoms with Crippen LogP contribution in [0.4, 0.5) is 11.8 Å². The summed E-state index contributed by atoms with van der Waals surface area (Å²) < 4.78 is 5.53. The van der Waals surface area contributed by atoms with Crippen molar-refractivity contribution in [1.82, 2.24) is 24.8 Å². The van der Waals surface area contributed by atoms with Gasteiger partial charge >= 0.3 is 0 Å². The zero-order valence-electron chi connectivity index (χ0n) is 24.9. The normalized spacial score (nSPS) is 17.6. The number of hydrogen-bond acceptors (Lipinski definition) is 11. The number of amides is 1. The number of unbranched alkanes of at least 4 members (excludes halogenated alkanes) is 1. The molecule has 1 atom stereocenters. The number of carbonyl (C=O) groups excluding carboxylic acids is 2. The number of Topliss-reactive ketones (excluding diaryl/α,β-unsaturated/α-hetero) is 1. The fraction of sp³-hybridized carbons (Fsp3) is 0.452. The molecule has 0 aliphatic carbocycles. The van der Waals surface area contributed by atoms with Gasteiger partial charge in [0.25, 0.3) is 0 Å². The molecule has 2 aliphatic heterocycles. The van der Waals surface area contributed by atoms with E-state index in [1.165, 1.54) is 0 Å². The van der Waals surface area contributed by atoms with Gasteiger partial charge in [-0.3, -0.25) is 9.59 Å². The zero-order valence-corrected chi connectivity index (χ0v) is 24.9. The molecule has 1 amide bonds. The molecule has 1 fully saturated rings. The number of fused-ring (bicyclic) bond motifs is 1. The summed E-state index contributed by atoms with van der Waals surface area (Å²) in [5, 5.41) is 9.53. The van der Waals surface area contributed by atoms with Gasteiger partial charge in [-0.05, 0) is 58.4 Å². The van der Waals surface area contributed by atoms with Crippen LogP contribution in [0.25, 0.3) is 11.3 Å². The molecular weight excluding hydrogens is 546 g/mol. The van der Waals surface area contributed by atoms with E-state index in [1.807, 2.05) is 42.7 Å². The lowest BCUT2D eigenvalue weighted by Gasteiger charge is -2.39. The van der Waals surface area contributed by atoms with Gasteiger partial charge in [0.1, 0.15) is 24.2 Å². The average molecular weight is 584 g/mol. The van der Waals surface area contributed by atoms with Crippen molar-refractivity contribution in [3.8, 4) is 17.3 Å². The second-order valence-corrected chi connectivity index (χ2v) is 11.4. The predicted molar refractivity (Wildman–Crippen MR) is 161 cm³/mol. The molecule has 12 heteroatoms. The van der Waals surface area contributed by atoms with Gasteiger partial charge in [0, 0.05) is 68.5 Å². The van der Waals surface area contributed by atoms with E-state index in [-0.39, 0.29) is 24.3 Å². The number of pyridine rings is 2. The van der Waals surface area contributed by atoms with Crippen molar-refractivity contribution in [2.75, 3.05) is 49.2 Å². The van der Waals surface area contributed by atoms with E-state index in [0.717, 1.165) is 24.0 Å². The number of carbonyl (C=O) groups is 2. The molecule has 0 radical (unpaired) electrons. The van der Waals surface area contributed by atoms with E-state index in [2.05, 4.69) is 25.9 Å². The Balaban J connectivity index is 1.28. The van der Waals surface area contributed by atoms with E-state index < -0.39 is 5.54 Å². The fourth-order valence-electron chi connectivity index (χ4n) is 5.54.